The van der Waals surface area contributed by atoms with Crippen LogP contribution in [0.3, 0.4) is 0 Å². The molecule has 0 amide bonds. The molecule has 7 heteroatoms. The summed E-state index contributed by atoms with van der Waals surface area (Å²) in [5.74, 6) is 0.0426. The molecule has 0 unspecified atom stereocenters. The third-order valence-electron chi connectivity index (χ3n) is 2.46. The van der Waals surface area contributed by atoms with Crippen LogP contribution < -0.4 is 0 Å². The Kier molecular flexibility index (Phi) is 5.51. The molecule has 0 N–H and O–H groups in total. The molecule has 0 aliphatic heterocycles. The van der Waals surface area contributed by atoms with Crippen molar-refractivity contribution in [3.05, 3.63) is 29.8 Å². The van der Waals surface area contributed by atoms with E-state index in [1.165, 1.54) is 12.1 Å². The topological polar surface area (TPSA) is 77.5 Å². The maximum atomic E-state index is 11.8. The van der Waals surface area contributed by atoms with E-state index in [1.807, 2.05) is 6.92 Å². The Hall–Kier alpha value is -0.920. The summed E-state index contributed by atoms with van der Waals surface area (Å²) in [4.78, 5) is 0.112. The van der Waals surface area contributed by atoms with Crippen LogP contribution >= 0.6 is 0 Å². The summed E-state index contributed by atoms with van der Waals surface area (Å²) >= 11 is 0. The van der Waals surface area contributed by atoms with Gasteiger partial charge in [-0.05, 0) is 31.9 Å². The minimum Gasteiger partial charge on any atom is -0.266 e. The Labute approximate surface area is 114 Å². The average Bonchev–Trinajstić information content (AvgIpc) is 2.27. The quantitative estimate of drug-likeness (QED) is 0.564. The molecular formula is C12H18O5S2. The lowest BCUT2D eigenvalue weighted by Gasteiger charge is -2.05. The third kappa shape index (κ3) is 6.17. The van der Waals surface area contributed by atoms with Gasteiger partial charge in [-0.15, -0.1) is 0 Å². The van der Waals surface area contributed by atoms with Crippen molar-refractivity contribution < 1.29 is 21.0 Å². The fourth-order valence-electron chi connectivity index (χ4n) is 1.41. The van der Waals surface area contributed by atoms with E-state index >= 15 is 0 Å². The van der Waals surface area contributed by atoms with E-state index in [1.54, 1.807) is 12.1 Å². The van der Waals surface area contributed by atoms with Crippen LogP contribution in [0.2, 0.25) is 0 Å². The molecule has 1 aromatic rings. The van der Waals surface area contributed by atoms with Crippen LogP contribution in [0.15, 0.2) is 29.2 Å². The molecule has 0 aromatic heterocycles. The lowest BCUT2D eigenvalue weighted by molar-refractivity contribution is 0.311. The first-order chi connectivity index (χ1) is 8.71. The van der Waals surface area contributed by atoms with E-state index in [4.69, 9.17) is 4.18 Å². The maximum Gasteiger partial charge on any atom is 0.296 e. The number of aryl methyl sites for hydroxylation is 1. The predicted molar refractivity (Wildman–Crippen MR) is 73.3 cm³/mol. The zero-order valence-corrected chi connectivity index (χ0v) is 12.6. The predicted octanol–water partition coefficient (Wildman–Crippen LogP) is 1.53. The van der Waals surface area contributed by atoms with Gasteiger partial charge in [-0.25, -0.2) is 8.42 Å². The van der Waals surface area contributed by atoms with Gasteiger partial charge in [0.1, 0.15) is 9.84 Å². The van der Waals surface area contributed by atoms with Gasteiger partial charge < -0.3 is 0 Å². The minimum absolute atomic E-state index is 0.00820. The fourth-order valence-corrected chi connectivity index (χ4v) is 3.08. The molecule has 0 atom stereocenters. The highest BCUT2D eigenvalue weighted by atomic mass is 32.2. The first-order valence-electron chi connectivity index (χ1n) is 5.84. The van der Waals surface area contributed by atoms with Crippen molar-refractivity contribution in [2.75, 3.05) is 18.6 Å². The number of unbranched alkanes of at least 4 members (excludes halogenated alkanes) is 1. The number of sulfone groups is 1. The van der Waals surface area contributed by atoms with Crippen LogP contribution in [0.25, 0.3) is 0 Å². The largest absolute Gasteiger partial charge is 0.296 e. The highest BCUT2D eigenvalue weighted by Crippen LogP contribution is 2.13. The molecule has 0 heterocycles. The molecule has 0 spiro atoms. The molecule has 0 saturated carbocycles. The molecule has 1 rings (SSSR count). The molecule has 0 aliphatic carbocycles. The molecule has 19 heavy (non-hydrogen) atoms. The zero-order valence-electron chi connectivity index (χ0n) is 11.0. The lowest BCUT2D eigenvalue weighted by Crippen LogP contribution is -2.09. The van der Waals surface area contributed by atoms with Crippen molar-refractivity contribution in [3.8, 4) is 0 Å². The van der Waals surface area contributed by atoms with Crippen LogP contribution in [-0.4, -0.2) is 35.5 Å². The van der Waals surface area contributed by atoms with Gasteiger partial charge in [0.2, 0.25) is 0 Å². The summed E-state index contributed by atoms with van der Waals surface area (Å²) in [6.45, 7) is 1.86. The third-order valence-corrected chi connectivity index (χ3v) is 4.81. The highest BCUT2D eigenvalue weighted by molar-refractivity contribution is 7.90. The van der Waals surface area contributed by atoms with Gasteiger partial charge in [-0.1, -0.05) is 17.7 Å². The summed E-state index contributed by atoms with van der Waals surface area (Å²) in [5, 5.41) is 0. The Morgan fingerprint density at radius 2 is 1.58 bits per heavy atom. The molecule has 0 radical (unpaired) electrons. The van der Waals surface area contributed by atoms with E-state index in [2.05, 4.69) is 0 Å². The fraction of sp³-hybridized carbons (Fsp3) is 0.500. The van der Waals surface area contributed by atoms with E-state index in [0.29, 0.717) is 12.8 Å². The van der Waals surface area contributed by atoms with Gasteiger partial charge in [0.15, 0.2) is 0 Å². The van der Waals surface area contributed by atoms with Gasteiger partial charge in [0.05, 0.1) is 11.5 Å². The smallest absolute Gasteiger partial charge is 0.266 e. The SMILES string of the molecule is Cc1ccc(S(=O)(=O)OCCCCS(C)(=O)=O)cc1. The standard InChI is InChI=1S/C12H18O5S2/c1-11-5-7-12(8-6-11)19(15,16)17-9-3-4-10-18(2,13)14/h5-8H,3-4,9-10H2,1-2H3. The Morgan fingerprint density at radius 1 is 1.00 bits per heavy atom. The van der Waals surface area contributed by atoms with Crippen LogP contribution in [0.4, 0.5) is 0 Å². The summed E-state index contributed by atoms with van der Waals surface area (Å²) in [6, 6.07) is 6.36. The van der Waals surface area contributed by atoms with Crippen molar-refractivity contribution >= 4 is 20.0 Å². The summed E-state index contributed by atoms with van der Waals surface area (Å²) in [7, 11) is -6.74. The van der Waals surface area contributed by atoms with E-state index < -0.39 is 20.0 Å². The van der Waals surface area contributed by atoms with E-state index in [9.17, 15) is 16.8 Å². The normalized spacial score (nSPS) is 12.5. The number of benzene rings is 1. The van der Waals surface area contributed by atoms with Crippen molar-refractivity contribution in [2.45, 2.75) is 24.7 Å². The first-order valence-corrected chi connectivity index (χ1v) is 9.31. The van der Waals surface area contributed by atoms with E-state index in [-0.39, 0.29) is 17.3 Å². The molecular weight excluding hydrogens is 288 g/mol. The minimum atomic E-state index is -3.74. The zero-order chi connectivity index (χ0) is 14.5. The van der Waals surface area contributed by atoms with Crippen LogP contribution in [0.1, 0.15) is 18.4 Å². The number of rotatable bonds is 7. The van der Waals surface area contributed by atoms with E-state index in [0.717, 1.165) is 11.8 Å². The summed E-state index contributed by atoms with van der Waals surface area (Å²) in [6.07, 6.45) is 1.93. The lowest BCUT2D eigenvalue weighted by atomic mass is 10.2. The van der Waals surface area contributed by atoms with Crippen molar-refractivity contribution in [2.24, 2.45) is 0 Å². The second-order valence-electron chi connectivity index (χ2n) is 4.43. The van der Waals surface area contributed by atoms with Gasteiger partial charge >= 0.3 is 0 Å². The molecule has 0 saturated heterocycles. The van der Waals surface area contributed by atoms with Gasteiger partial charge in [0.25, 0.3) is 10.1 Å². The monoisotopic (exact) mass is 306 g/mol. The summed E-state index contributed by atoms with van der Waals surface area (Å²) < 4.78 is 50.1. The Bertz CT molecular complexity index is 600. The van der Waals surface area contributed by atoms with Crippen LogP contribution in [0, 0.1) is 6.92 Å². The van der Waals surface area contributed by atoms with Gasteiger partial charge in [-0.2, -0.15) is 8.42 Å². The molecule has 5 nitrogen and oxygen atoms in total. The molecule has 0 aliphatic rings. The van der Waals surface area contributed by atoms with Crippen molar-refractivity contribution in [1.29, 1.82) is 0 Å². The van der Waals surface area contributed by atoms with Crippen molar-refractivity contribution in [1.82, 2.24) is 0 Å². The van der Waals surface area contributed by atoms with Crippen molar-refractivity contribution in [3.63, 3.8) is 0 Å². The van der Waals surface area contributed by atoms with Gasteiger partial charge in [-0.3, -0.25) is 4.18 Å². The molecule has 0 bridgehead atoms. The number of hydrogen-bond acceptors (Lipinski definition) is 5. The van der Waals surface area contributed by atoms with Crippen LogP contribution in [-0.2, 0) is 24.1 Å². The second-order valence-corrected chi connectivity index (χ2v) is 8.30. The van der Waals surface area contributed by atoms with Crippen LogP contribution in [0.5, 0.6) is 0 Å². The Morgan fingerprint density at radius 3 is 2.11 bits per heavy atom. The second kappa shape index (κ2) is 6.49. The first kappa shape index (κ1) is 16.1. The maximum absolute atomic E-state index is 11.8. The molecule has 108 valence electrons. The molecule has 0 fully saturated rings. The highest BCUT2D eigenvalue weighted by Gasteiger charge is 2.14. The average molecular weight is 306 g/mol. The Balaban J connectivity index is 2.46. The number of hydrogen-bond donors (Lipinski definition) is 0. The molecule has 1 aromatic carbocycles. The van der Waals surface area contributed by atoms with Gasteiger partial charge in [0, 0.05) is 12.0 Å². The summed E-state index contributed by atoms with van der Waals surface area (Å²) in [5.41, 5.74) is 0.965.